The third-order valence-electron chi connectivity index (χ3n) is 6.15. The van der Waals surface area contributed by atoms with E-state index in [9.17, 15) is 4.79 Å². The Hall–Kier alpha value is -2.63. The molecular formula is C23H31N5O. The fourth-order valence-electron chi connectivity index (χ4n) is 4.32. The van der Waals surface area contributed by atoms with Crippen molar-refractivity contribution in [2.45, 2.75) is 45.4 Å². The number of aromatic nitrogens is 2. The summed E-state index contributed by atoms with van der Waals surface area (Å²) in [6.07, 6.45) is 10.3. The lowest BCUT2D eigenvalue weighted by atomic mass is 9.95. The Balaban J connectivity index is 1.31. The van der Waals surface area contributed by atoms with E-state index in [1.54, 1.807) is 0 Å². The van der Waals surface area contributed by atoms with Crippen LogP contribution in [0.1, 0.15) is 44.6 Å². The molecule has 0 unspecified atom stereocenters. The average molecular weight is 394 g/mol. The number of amides is 1. The summed E-state index contributed by atoms with van der Waals surface area (Å²) < 4.78 is 0. The molecule has 1 amide bonds. The molecular weight excluding hydrogens is 362 g/mol. The maximum atomic E-state index is 12.7. The zero-order valence-corrected chi connectivity index (χ0v) is 17.3. The summed E-state index contributed by atoms with van der Waals surface area (Å²) in [5.74, 6) is 1.05. The normalized spacial score (nSPS) is 18.0. The standard InChI is InChI=1S/C23H31N5O/c1-2-18-8-4-5-9-21(18)26-22(29)19-10-14-27(15-11-19)20-16-24-23(25-17-20)28-12-6-3-7-13-28/h4-5,8-9,16-17,19H,2-3,6-7,10-15H2,1H3,(H,26,29). The minimum Gasteiger partial charge on any atom is -0.369 e. The predicted octanol–water partition coefficient (Wildman–Crippen LogP) is 3.88. The SMILES string of the molecule is CCc1ccccc1NC(=O)C1CCN(c2cnc(N3CCCCC3)nc2)CC1. The lowest BCUT2D eigenvalue weighted by Crippen LogP contribution is -2.38. The van der Waals surface area contributed by atoms with Crippen molar-refractivity contribution in [3.63, 3.8) is 0 Å². The van der Waals surface area contributed by atoms with Crippen LogP contribution in [0.25, 0.3) is 0 Å². The Morgan fingerprint density at radius 1 is 1.00 bits per heavy atom. The minimum absolute atomic E-state index is 0.0599. The van der Waals surface area contributed by atoms with Crippen molar-refractivity contribution in [1.82, 2.24) is 9.97 Å². The van der Waals surface area contributed by atoms with Gasteiger partial charge in [0, 0.05) is 37.8 Å². The molecule has 6 heteroatoms. The molecule has 6 nitrogen and oxygen atoms in total. The summed E-state index contributed by atoms with van der Waals surface area (Å²) in [5.41, 5.74) is 3.19. The van der Waals surface area contributed by atoms with Crippen LogP contribution in [0.5, 0.6) is 0 Å². The predicted molar refractivity (Wildman–Crippen MR) is 117 cm³/mol. The number of aryl methyl sites for hydroxylation is 1. The Bertz CT molecular complexity index is 808. The first-order valence-electron chi connectivity index (χ1n) is 11.0. The van der Waals surface area contributed by atoms with Gasteiger partial charge in [-0.3, -0.25) is 4.79 Å². The van der Waals surface area contributed by atoms with Gasteiger partial charge in [0.1, 0.15) is 0 Å². The number of carbonyl (C=O) groups excluding carboxylic acids is 1. The molecule has 1 aromatic carbocycles. The third-order valence-corrected chi connectivity index (χ3v) is 6.15. The lowest BCUT2D eigenvalue weighted by molar-refractivity contribution is -0.120. The average Bonchev–Trinajstić information content (AvgIpc) is 2.80. The molecule has 0 bridgehead atoms. The van der Waals surface area contributed by atoms with Gasteiger partial charge in [-0.25, -0.2) is 9.97 Å². The first kappa shape index (κ1) is 19.7. The highest BCUT2D eigenvalue weighted by molar-refractivity contribution is 5.93. The Labute approximate surface area is 173 Å². The summed E-state index contributed by atoms with van der Waals surface area (Å²) in [5, 5.41) is 3.14. The van der Waals surface area contributed by atoms with Crippen molar-refractivity contribution in [2.24, 2.45) is 5.92 Å². The number of piperidine rings is 2. The van der Waals surface area contributed by atoms with Crippen LogP contribution in [0.4, 0.5) is 17.3 Å². The number of carbonyl (C=O) groups is 1. The molecule has 1 N–H and O–H groups in total. The van der Waals surface area contributed by atoms with Gasteiger partial charge in [0.25, 0.3) is 0 Å². The van der Waals surface area contributed by atoms with Crippen LogP contribution in [-0.2, 0) is 11.2 Å². The zero-order valence-electron chi connectivity index (χ0n) is 17.3. The Morgan fingerprint density at radius 2 is 1.69 bits per heavy atom. The number of hydrogen-bond acceptors (Lipinski definition) is 5. The van der Waals surface area contributed by atoms with E-state index >= 15 is 0 Å². The van der Waals surface area contributed by atoms with Gasteiger partial charge in [-0.05, 0) is 50.2 Å². The van der Waals surface area contributed by atoms with Gasteiger partial charge in [-0.2, -0.15) is 0 Å². The van der Waals surface area contributed by atoms with E-state index in [-0.39, 0.29) is 11.8 Å². The maximum absolute atomic E-state index is 12.7. The quantitative estimate of drug-likeness (QED) is 0.835. The zero-order chi connectivity index (χ0) is 20.1. The minimum atomic E-state index is 0.0599. The molecule has 4 rings (SSSR count). The highest BCUT2D eigenvalue weighted by Crippen LogP contribution is 2.25. The van der Waals surface area contributed by atoms with Gasteiger partial charge < -0.3 is 15.1 Å². The maximum Gasteiger partial charge on any atom is 0.227 e. The molecule has 2 aliphatic heterocycles. The lowest BCUT2D eigenvalue weighted by Gasteiger charge is -2.33. The molecule has 154 valence electrons. The number of hydrogen-bond donors (Lipinski definition) is 1. The molecule has 0 saturated carbocycles. The molecule has 0 aliphatic carbocycles. The van der Waals surface area contributed by atoms with Crippen LogP contribution in [0.3, 0.4) is 0 Å². The Morgan fingerprint density at radius 3 is 2.38 bits per heavy atom. The van der Waals surface area contributed by atoms with E-state index in [4.69, 9.17) is 0 Å². The molecule has 3 heterocycles. The molecule has 2 fully saturated rings. The fraction of sp³-hybridized carbons (Fsp3) is 0.522. The van der Waals surface area contributed by atoms with Crippen LogP contribution in [0.15, 0.2) is 36.7 Å². The molecule has 2 saturated heterocycles. The largest absolute Gasteiger partial charge is 0.369 e. The van der Waals surface area contributed by atoms with E-state index in [2.05, 4.69) is 38.1 Å². The second kappa shape index (κ2) is 9.25. The summed E-state index contributed by atoms with van der Waals surface area (Å²) in [4.78, 5) is 26.5. The van der Waals surface area contributed by atoms with E-state index in [1.807, 2.05) is 30.6 Å². The van der Waals surface area contributed by atoms with Crippen molar-refractivity contribution < 1.29 is 4.79 Å². The molecule has 1 aromatic heterocycles. The molecule has 0 spiro atoms. The van der Waals surface area contributed by atoms with Crippen LogP contribution in [0.2, 0.25) is 0 Å². The monoisotopic (exact) mass is 393 g/mol. The number of nitrogens with one attached hydrogen (secondary N) is 1. The molecule has 0 radical (unpaired) electrons. The van der Waals surface area contributed by atoms with E-state index in [0.717, 1.165) is 62.8 Å². The van der Waals surface area contributed by atoms with Gasteiger partial charge in [-0.15, -0.1) is 0 Å². The smallest absolute Gasteiger partial charge is 0.227 e. The number of para-hydroxylation sites is 1. The highest BCUT2D eigenvalue weighted by atomic mass is 16.1. The van der Waals surface area contributed by atoms with Gasteiger partial charge in [0.15, 0.2) is 0 Å². The van der Waals surface area contributed by atoms with E-state index < -0.39 is 0 Å². The summed E-state index contributed by atoms with van der Waals surface area (Å²) in [7, 11) is 0. The van der Waals surface area contributed by atoms with Crippen molar-refractivity contribution in [3.05, 3.63) is 42.2 Å². The van der Waals surface area contributed by atoms with Crippen molar-refractivity contribution in [1.29, 1.82) is 0 Å². The molecule has 2 aromatic rings. The topological polar surface area (TPSA) is 61.4 Å². The summed E-state index contributed by atoms with van der Waals surface area (Å²) in [6, 6.07) is 8.06. The van der Waals surface area contributed by atoms with Gasteiger partial charge in [0.2, 0.25) is 11.9 Å². The summed E-state index contributed by atoms with van der Waals surface area (Å²) in [6.45, 7) is 5.95. The van der Waals surface area contributed by atoms with Crippen molar-refractivity contribution >= 4 is 23.2 Å². The van der Waals surface area contributed by atoms with E-state index in [0.29, 0.717) is 0 Å². The van der Waals surface area contributed by atoms with Crippen LogP contribution in [0, 0.1) is 5.92 Å². The Kier molecular flexibility index (Phi) is 6.27. The third kappa shape index (κ3) is 4.69. The summed E-state index contributed by atoms with van der Waals surface area (Å²) >= 11 is 0. The number of rotatable bonds is 5. The highest BCUT2D eigenvalue weighted by Gasteiger charge is 2.26. The van der Waals surface area contributed by atoms with Gasteiger partial charge in [0.05, 0.1) is 18.1 Å². The fourth-order valence-corrected chi connectivity index (χ4v) is 4.32. The molecule has 2 aliphatic rings. The van der Waals surface area contributed by atoms with Crippen LogP contribution < -0.4 is 15.1 Å². The van der Waals surface area contributed by atoms with Crippen molar-refractivity contribution in [2.75, 3.05) is 41.3 Å². The van der Waals surface area contributed by atoms with E-state index in [1.165, 1.54) is 24.8 Å². The second-order valence-electron chi connectivity index (χ2n) is 8.05. The second-order valence-corrected chi connectivity index (χ2v) is 8.05. The first-order chi connectivity index (χ1) is 14.2. The molecule has 0 atom stereocenters. The number of benzene rings is 1. The first-order valence-corrected chi connectivity index (χ1v) is 11.0. The number of anilines is 3. The van der Waals surface area contributed by atoms with Gasteiger partial charge in [-0.1, -0.05) is 25.1 Å². The van der Waals surface area contributed by atoms with Crippen LogP contribution >= 0.6 is 0 Å². The molecule has 29 heavy (non-hydrogen) atoms. The van der Waals surface area contributed by atoms with Gasteiger partial charge >= 0.3 is 0 Å². The van der Waals surface area contributed by atoms with Crippen molar-refractivity contribution in [3.8, 4) is 0 Å². The van der Waals surface area contributed by atoms with Crippen LogP contribution in [-0.4, -0.2) is 42.1 Å². The number of nitrogens with zero attached hydrogens (tertiary/aromatic N) is 4.